The lowest BCUT2D eigenvalue weighted by molar-refractivity contribution is 0.0796. The van der Waals surface area contributed by atoms with Crippen LogP contribution in [0.3, 0.4) is 0 Å². The molecule has 70 valence electrons. The van der Waals surface area contributed by atoms with E-state index in [0.717, 1.165) is 19.6 Å². The van der Waals surface area contributed by atoms with Crippen LogP contribution in [0.5, 0.6) is 0 Å². The zero-order valence-electron chi connectivity index (χ0n) is 7.71. The van der Waals surface area contributed by atoms with Crippen LogP contribution in [0.4, 0.5) is 0 Å². The Labute approximate surface area is 73.8 Å². The first-order valence-electron chi connectivity index (χ1n) is 4.78. The maximum absolute atomic E-state index is 9.11. The molecular weight excluding hydrogens is 152 g/mol. The topological polar surface area (TPSA) is 35.5 Å². The van der Waals surface area contributed by atoms with Gasteiger partial charge >= 0.3 is 0 Å². The van der Waals surface area contributed by atoms with E-state index in [1.165, 1.54) is 12.8 Å². The molecule has 1 aliphatic heterocycles. The van der Waals surface area contributed by atoms with Crippen LogP contribution in [-0.4, -0.2) is 49.3 Å². The van der Waals surface area contributed by atoms with Crippen molar-refractivity contribution < 1.29 is 5.11 Å². The molecule has 2 aliphatic rings. The lowest BCUT2D eigenvalue weighted by Gasteiger charge is -2.40. The van der Waals surface area contributed by atoms with E-state index in [9.17, 15) is 0 Å². The van der Waals surface area contributed by atoms with Crippen LogP contribution < -0.4 is 5.32 Å². The molecule has 0 atom stereocenters. The van der Waals surface area contributed by atoms with Crippen LogP contribution in [0.2, 0.25) is 0 Å². The summed E-state index contributed by atoms with van der Waals surface area (Å²) in [6, 6.07) is 0.694. The van der Waals surface area contributed by atoms with Gasteiger partial charge in [-0.3, -0.25) is 4.90 Å². The molecule has 3 nitrogen and oxygen atoms in total. The second kappa shape index (κ2) is 2.98. The molecule has 0 bridgehead atoms. The zero-order chi connectivity index (χ0) is 8.60. The second-order valence-corrected chi connectivity index (χ2v) is 4.34. The molecule has 1 saturated carbocycles. The van der Waals surface area contributed by atoms with Gasteiger partial charge in [0, 0.05) is 37.7 Å². The number of hydrogen-bond donors (Lipinski definition) is 2. The van der Waals surface area contributed by atoms with E-state index in [-0.39, 0.29) is 0 Å². The monoisotopic (exact) mass is 170 g/mol. The molecule has 3 heteroatoms. The Balaban J connectivity index is 1.69. The quantitative estimate of drug-likeness (QED) is 0.606. The van der Waals surface area contributed by atoms with E-state index in [4.69, 9.17) is 5.11 Å². The maximum Gasteiger partial charge on any atom is 0.0499 e. The Bertz CT molecular complexity index is 162. The molecule has 0 aromatic carbocycles. The third-order valence-electron chi connectivity index (χ3n) is 3.22. The number of rotatable bonds is 4. The number of likely N-dealkylation sites (tertiary alicyclic amines) is 1. The number of nitrogens with one attached hydrogen (secondary N) is 1. The van der Waals surface area contributed by atoms with E-state index < -0.39 is 0 Å². The first-order valence-corrected chi connectivity index (χ1v) is 4.78. The van der Waals surface area contributed by atoms with Crippen molar-refractivity contribution in [3.05, 3.63) is 0 Å². The summed E-state index contributed by atoms with van der Waals surface area (Å²) in [6.45, 7) is 3.83. The first kappa shape index (κ1) is 8.48. The highest BCUT2D eigenvalue weighted by atomic mass is 16.3. The minimum absolute atomic E-state index is 0.304. The number of nitrogens with zero attached hydrogens (tertiary/aromatic N) is 1. The van der Waals surface area contributed by atoms with Crippen molar-refractivity contribution in [1.82, 2.24) is 10.2 Å². The molecule has 2 rings (SSSR count). The van der Waals surface area contributed by atoms with Gasteiger partial charge in [0.25, 0.3) is 0 Å². The van der Waals surface area contributed by atoms with Gasteiger partial charge in [-0.05, 0) is 19.9 Å². The fourth-order valence-electron chi connectivity index (χ4n) is 1.90. The Kier molecular flexibility index (Phi) is 2.10. The SMILES string of the molecule is CNC1CN(CC2(CO)CC2)C1. The predicted molar refractivity (Wildman–Crippen MR) is 48.0 cm³/mol. The summed E-state index contributed by atoms with van der Waals surface area (Å²) in [5, 5.41) is 12.4. The average molecular weight is 170 g/mol. The molecule has 1 heterocycles. The lowest BCUT2D eigenvalue weighted by Crippen LogP contribution is -2.58. The number of aliphatic hydroxyl groups is 1. The normalized spacial score (nSPS) is 28.5. The smallest absolute Gasteiger partial charge is 0.0499 e. The molecule has 0 spiro atoms. The summed E-state index contributed by atoms with van der Waals surface area (Å²) in [5.74, 6) is 0. The van der Waals surface area contributed by atoms with E-state index in [1.54, 1.807) is 0 Å². The Morgan fingerprint density at radius 2 is 2.17 bits per heavy atom. The summed E-state index contributed by atoms with van der Waals surface area (Å²) >= 11 is 0. The van der Waals surface area contributed by atoms with Crippen molar-refractivity contribution in [3.63, 3.8) is 0 Å². The van der Waals surface area contributed by atoms with Crippen LogP contribution >= 0.6 is 0 Å². The predicted octanol–water partition coefficient (Wildman–Crippen LogP) is -0.338. The van der Waals surface area contributed by atoms with Crippen molar-refractivity contribution in [2.24, 2.45) is 5.41 Å². The second-order valence-electron chi connectivity index (χ2n) is 4.34. The van der Waals surface area contributed by atoms with Crippen molar-refractivity contribution in [2.45, 2.75) is 18.9 Å². The third kappa shape index (κ3) is 1.49. The molecule has 1 aliphatic carbocycles. The summed E-state index contributed by atoms with van der Waals surface area (Å²) in [5.41, 5.74) is 0.304. The van der Waals surface area contributed by atoms with Crippen LogP contribution in [0, 0.1) is 5.41 Å². The van der Waals surface area contributed by atoms with E-state index >= 15 is 0 Å². The molecule has 0 aromatic rings. The van der Waals surface area contributed by atoms with Crippen molar-refractivity contribution in [3.8, 4) is 0 Å². The van der Waals surface area contributed by atoms with Gasteiger partial charge in [0.05, 0.1) is 0 Å². The molecule has 2 N–H and O–H groups in total. The lowest BCUT2D eigenvalue weighted by atomic mass is 10.0. The van der Waals surface area contributed by atoms with Crippen LogP contribution in [0.1, 0.15) is 12.8 Å². The van der Waals surface area contributed by atoms with Crippen LogP contribution in [-0.2, 0) is 0 Å². The molecular formula is C9H18N2O. The van der Waals surface area contributed by atoms with Crippen molar-refractivity contribution in [1.29, 1.82) is 0 Å². The molecule has 12 heavy (non-hydrogen) atoms. The summed E-state index contributed by atoms with van der Waals surface area (Å²) in [6.07, 6.45) is 2.45. The van der Waals surface area contributed by atoms with Crippen molar-refractivity contribution in [2.75, 3.05) is 33.3 Å². The Hall–Kier alpha value is -0.120. The fourth-order valence-corrected chi connectivity index (χ4v) is 1.90. The van der Waals surface area contributed by atoms with Gasteiger partial charge in [0.2, 0.25) is 0 Å². The molecule has 0 amide bonds. The highest BCUT2D eigenvalue weighted by molar-refractivity contribution is 4.98. The molecule has 1 saturated heterocycles. The number of hydrogen-bond acceptors (Lipinski definition) is 3. The number of likely N-dealkylation sites (N-methyl/N-ethyl adjacent to an activating group) is 1. The highest BCUT2D eigenvalue weighted by Crippen LogP contribution is 2.46. The number of aliphatic hydroxyl groups excluding tert-OH is 1. The van der Waals surface area contributed by atoms with E-state index in [0.29, 0.717) is 18.1 Å². The van der Waals surface area contributed by atoms with Gasteiger partial charge in [-0.2, -0.15) is 0 Å². The van der Waals surface area contributed by atoms with Gasteiger partial charge in [-0.1, -0.05) is 0 Å². The highest BCUT2D eigenvalue weighted by Gasteiger charge is 2.45. The summed E-state index contributed by atoms with van der Waals surface area (Å²) in [7, 11) is 2.01. The van der Waals surface area contributed by atoms with Gasteiger partial charge in [0.15, 0.2) is 0 Å². The largest absolute Gasteiger partial charge is 0.396 e. The molecule has 0 aromatic heterocycles. The summed E-state index contributed by atoms with van der Waals surface area (Å²) in [4.78, 5) is 2.43. The zero-order valence-corrected chi connectivity index (χ0v) is 7.71. The maximum atomic E-state index is 9.11. The first-order chi connectivity index (χ1) is 5.78. The minimum atomic E-state index is 0.304. The van der Waals surface area contributed by atoms with Gasteiger partial charge < -0.3 is 10.4 Å². The molecule has 2 fully saturated rings. The molecule has 0 unspecified atom stereocenters. The Morgan fingerprint density at radius 1 is 1.50 bits per heavy atom. The Morgan fingerprint density at radius 3 is 2.58 bits per heavy atom. The van der Waals surface area contributed by atoms with Gasteiger partial charge in [0.1, 0.15) is 0 Å². The van der Waals surface area contributed by atoms with Gasteiger partial charge in [-0.15, -0.1) is 0 Å². The summed E-state index contributed by atoms with van der Waals surface area (Å²) < 4.78 is 0. The minimum Gasteiger partial charge on any atom is -0.396 e. The van der Waals surface area contributed by atoms with E-state index in [2.05, 4.69) is 10.2 Å². The third-order valence-corrected chi connectivity index (χ3v) is 3.22. The molecule has 0 radical (unpaired) electrons. The standard InChI is InChI=1S/C9H18N2O/c1-10-8-4-11(5-8)6-9(7-12)2-3-9/h8,10,12H,2-7H2,1H3. The van der Waals surface area contributed by atoms with Crippen LogP contribution in [0.15, 0.2) is 0 Å². The van der Waals surface area contributed by atoms with Gasteiger partial charge in [-0.25, -0.2) is 0 Å². The van der Waals surface area contributed by atoms with Crippen molar-refractivity contribution >= 4 is 0 Å². The average Bonchev–Trinajstić information content (AvgIpc) is 2.77. The van der Waals surface area contributed by atoms with Crippen LogP contribution in [0.25, 0.3) is 0 Å². The fraction of sp³-hybridized carbons (Fsp3) is 1.00. The van der Waals surface area contributed by atoms with E-state index in [1.807, 2.05) is 7.05 Å².